The van der Waals surface area contributed by atoms with Crippen LogP contribution in [-0.2, 0) is 30.0 Å². The minimum absolute atomic E-state index is 0.105. The van der Waals surface area contributed by atoms with Crippen LogP contribution in [0.1, 0.15) is 47.8 Å². The van der Waals surface area contributed by atoms with E-state index in [1.165, 1.54) is 28.0 Å². The second-order valence-electron chi connectivity index (χ2n) is 15.0. The van der Waals surface area contributed by atoms with E-state index in [2.05, 4.69) is 45.7 Å². The fourth-order valence-corrected chi connectivity index (χ4v) is 8.92. The van der Waals surface area contributed by atoms with Crippen molar-refractivity contribution in [2.45, 2.75) is 50.5 Å². The monoisotopic (exact) mass is 818 g/mol. The van der Waals surface area contributed by atoms with Crippen LogP contribution in [0, 0.1) is 0 Å². The van der Waals surface area contributed by atoms with E-state index in [0.717, 1.165) is 46.5 Å². The Hall–Kier alpha value is -7.18. The highest BCUT2D eigenvalue weighted by Crippen LogP contribution is 2.46. The number of pyridine rings is 3. The van der Waals surface area contributed by atoms with Gasteiger partial charge >= 0.3 is 12.4 Å². The summed E-state index contributed by atoms with van der Waals surface area (Å²) in [5.41, 5.74) is 2.70. The van der Waals surface area contributed by atoms with Crippen molar-refractivity contribution in [1.29, 1.82) is 0 Å². The van der Waals surface area contributed by atoms with Gasteiger partial charge in [0.1, 0.15) is 5.69 Å². The molecule has 1 atom stereocenters. The van der Waals surface area contributed by atoms with Gasteiger partial charge in [-0.1, -0.05) is 0 Å². The second kappa shape index (κ2) is 12.9. The number of nitrogens with one attached hydrogen (secondary N) is 3. The lowest BCUT2D eigenvalue weighted by molar-refractivity contribution is -0.141. The zero-order valence-electron chi connectivity index (χ0n) is 30.9. The highest BCUT2D eigenvalue weighted by molar-refractivity contribution is 6.16. The first kappa shape index (κ1) is 35.9. The molecule has 0 spiro atoms. The minimum atomic E-state index is -4.88. The predicted molar refractivity (Wildman–Crippen MR) is 207 cm³/mol. The van der Waals surface area contributed by atoms with Crippen LogP contribution in [-0.4, -0.2) is 67.8 Å². The number of benzene rings is 2. The number of rotatable bonds is 5. The third-order valence-electron chi connectivity index (χ3n) is 11.5. The molecule has 1 unspecified atom stereocenters. The van der Waals surface area contributed by atoms with Crippen molar-refractivity contribution in [2.75, 3.05) is 11.4 Å². The lowest BCUT2D eigenvalue weighted by Gasteiger charge is -2.22. The molecule has 8 heterocycles. The maximum Gasteiger partial charge on any atom is 0.435 e. The van der Waals surface area contributed by atoms with E-state index in [4.69, 9.17) is 4.98 Å². The van der Waals surface area contributed by atoms with Gasteiger partial charge in [-0.25, -0.2) is 9.97 Å². The second-order valence-corrected chi connectivity index (χ2v) is 15.0. The van der Waals surface area contributed by atoms with Gasteiger partial charge in [0.2, 0.25) is 5.91 Å². The molecule has 9 aromatic rings. The van der Waals surface area contributed by atoms with E-state index < -0.39 is 35.7 Å². The summed E-state index contributed by atoms with van der Waals surface area (Å²) in [5, 5.41) is 27.1. The summed E-state index contributed by atoms with van der Waals surface area (Å²) in [6.45, 7) is -0.138. The molecule has 0 bridgehead atoms. The van der Waals surface area contributed by atoms with Gasteiger partial charge < -0.3 is 4.90 Å². The van der Waals surface area contributed by atoms with Crippen molar-refractivity contribution in [2.24, 2.45) is 0 Å². The summed E-state index contributed by atoms with van der Waals surface area (Å²) >= 11 is 0. The molecule has 2 aliphatic rings. The molecule has 2 aromatic carbocycles. The van der Waals surface area contributed by atoms with Gasteiger partial charge in [0, 0.05) is 58.4 Å². The standard InChI is InChI=1S/C41H28F6N12O/c42-40(43,44)38-24(16-50-56-38)30-14-31(33-23-15-49-53-26(23)5-6-27(33)51-30)58-17-20(13-32(58)60)59-18-25(39(57-59)41(45,46)47)37-22-4-2-1-3-21(22)34-28(52-37)7-8-29-35(34)36(55-54-29)19-9-11-48-12-10-19/h5-12,14-16,18,20H,1-4,13,17H2,(H,49,53)(H,50,56)(H,54,55). The molecular formula is C41H28F6N12O. The smallest absolute Gasteiger partial charge is 0.309 e. The molecule has 60 heavy (non-hydrogen) atoms. The molecule has 13 nitrogen and oxygen atoms in total. The molecule has 0 saturated carbocycles. The number of fused-ring (bicyclic) bond motifs is 8. The van der Waals surface area contributed by atoms with Gasteiger partial charge in [0.05, 0.1) is 68.9 Å². The Morgan fingerprint density at radius 2 is 1.50 bits per heavy atom. The Morgan fingerprint density at radius 3 is 2.28 bits per heavy atom. The summed E-state index contributed by atoms with van der Waals surface area (Å²) in [6, 6.07) is 11.0. The van der Waals surface area contributed by atoms with E-state index >= 15 is 13.2 Å². The van der Waals surface area contributed by atoms with Crippen molar-refractivity contribution in [3.63, 3.8) is 0 Å². The van der Waals surface area contributed by atoms with Crippen LogP contribution >= 0.6 is 0 Å². The third kappa shape index (κ3) is 5.55. The molecule has 0 radical (unpaired) electrons. The number of amides is 1. The summed E-state index contributed by atoms with van der Waals surface area (Å²) < 4.78 is 88.5. The van der Waals surface area contributed by atoms with Crippen LogP contribution in [0.25, 0.3) is 77.4 Å². The Kier molecular flexibility index (Phi) is 7.73. The Labute approximate surface area is 332 Å². The van der Waals surface area contributed by atoms with Crippen molar-refractivity contribution in [3.05, 3.63) is 96.0 Å². The van der Waals surface area contributed by atoms with Crippen molar-refractivity contribution in [3.8, 4) is 33.8 Å². The molecule has 1 saturated heterocycles. The molecule has 11 rings (SSSR count). The first-order chi connectivity index (χ1) is 28.9. The zero-order chi connectivity index (χ0) is 41.1. The Balaban J connectivity index is 1.04. The normalized spacial score (nSPS) is 16.3. The summed E-state index contributed by atoms with van der Waals surface area (Å²) in [7, 11) is 0. The van der Waals surface area contributed by atoms with Crippen LogP contribution in [0.15, 0.2) is 73.4 Å². The van der Waals surface area contributed by atoms with E-state index in [1.54, 1.807) is 30.6 Å². The minimum Gasteiger partial charge on any atom is -0.309 e. The fraction of sp³-hybridized carbons (Fsp3) is 0.220. The van der Waals surface area contributed by atoms with Gasteiger partial charge in [-0.05, 0) is 79.3 Å². The summed E-state index contributed by atoms with van der Waals surface area (Å²) in [5.74, 6) is -0.469. The highest BCUT2D eigenvalue weighted by atomic mass is 19.4. The van der Waals surface area contributed by atoms with Gasteiger partial charge in [-0.2, -0.15) is 46.7 Å². The number of aromatic amines is 3. The fourth-order valence-electron chi connectivity index (χ4n) is 8.92. The number of aryl methyl sites for hydroxylation is 1. The number of alkyl halides is 6. The number of H-pyrrole nitrogens is 3. The van der Waals surface area contributed by atoms with E-state index in [-0.39, 0.29) is 46.7 Å². The molecule has 300 valence electrons. The third-order valence-corrected chi connectivity index (χ3v) is 11.5. The van der Waals surface area contributed by atoms with Crippen molar-refractivity contribution >= 4 is 55.2 Å². The van der Waals surface area contributed by atoms with Crippen molar-refractivity contribution in [1.82, 2.24) is 55.3 Å². The van der Waals surface area contributed by atoms with Gasteiger partial charge in [0.25, 0.3) is 0 Å². The number of hydrogen-bond donors (Lipinski definition) is 3. The average molecular weight is 819 g/mol. The van der Waals surface area contributed by atoms with E-state index in [9.17, 15) is 18.0 Å². The largest absolute Gasteiger partial charge is 0.435 e. The van der Waals surface area contributed by atoms with Gasteiger partial charge in [0.15, 0.2) is 11.4 Å². The van der Waals surface area contributed by atoms with E-state index in [0.29, 0.717) is 45.9 Å². The van der Waals surface area contributed by atoms with Gasteiger partial charge in [-0.15, -0.1) is 0 Å². The predicted octanol–water partition coefficient (Wildman–Crippen LogP) is 8.75. The van der Waals surface area contributed by atoms with Crippen LogP contribution in [0.4, 0.5) is 32.0 Å². The lowest BCUT2D eigenvalue weighted by atomic mass is 9.85. The molecular weight excluding hydrogens is 791 g/mol. The van der Waals surface area contributed by atoms with E-state index in [1.807, 2.05) is 18.2 Å². The molecule has 1 fully saturated rings. The first-order valence-electron chi connectivity index (χ1n) is 19.0. The maximum absolute atomic E-state index is 15.1. The molecule has 19 heteroatoms. The molecule has 1 aliphatic heterocycles. The average Bonchev–Trinajstić information content (AvgIpc) is 4.09. The first-order valence-corrected chi connectivity index (χ1v) is 19.0. The topological polar surface area (TPSA) is 163 Å². The van der Waals surface area contributed by atoms with Crippen LogP contribution in [0.3, 0.4) is 0 Å². The zero-order valence-corrected chi connectivity index (χ0v) is 30.9. The number of carbonyl (C=O) groups excluding carboxylic acids is 1. The Bertz CT molecular complexity index is 3200. The molecule has 3 N–H and O–H groups in total. The lowest BCUT2D eigenvalue weighted by Crippen LogP contribution is -2.25. The SMILES string of the molecule is O=C1CC(n2cc(-c3nc4ccc5[nH]nc(-c6ccncc6)c5c4c4c3CCCC4)c(C(F)(F)F)n2)CN1c1cc(-c2c[nH]nc2C(F)(F)F)nc2ccc3[nH]ncc3c12. The number of aromatic nitrogens is 11. The number of hydrogen-bond acceptors (Lipinski definition) is 8. The maximum atomic E-state index is 15.1. The number of nitrogens with zero attached hydrogens (tertiary/aromatic N) is 9. The highest BCUT2D eigenvalue weighted by Gasteiger charge is 2.42. The van der Waals surface area contributed by atoms with Crippen LogP contribution < -0.4 is 4.90 Å². The molecule has 1 amide bonds. The number of anilines is 1. The summed E-state index contributed by atoms with van der Waals surface area (Å²) in [4.78, 5) is 29.0. The van der Waals surface area contributed by atoms with Crippen LogP contribution in [0.2, 0.25) is 0 Å². The van der Waals surface area contributed by atoms with Crippen LogP contribution in [0.5, 0.6) is 0 Å². The molecule has 1 aliphatic carbocycles. The quantitative estimate of drug-likeness (QED) is 0.145. The number of carbonyl (C=O) groups is 1. The Morgan fingerprint density at radius 1 is 0.750 bits per heavy atom. The van der Waals surface area contributed by atoms with Gasteiger partial charge in [-0.3, -0.25) is 29.8 Å². The molecule has 7 aromatic heterocycles. The summed E-state index contributed by atoms with van der Waals surface area (Å²) in [6.07, 6.45) is 0.0336. The number of halogens is 6. The van der Waals surface area contributed by atoms with Crippen molar-refractivity contribution < 1.29 is 31.1 Å².